The van der Waals surface area contributed by atoms with Crippen molar-refractivity contribution in [2.45, 2.75) is 0 Å². The third kappa shape index (κ3) is 9.07. The van der Waals surface area contributed by atoms with Gasteiger partial charge in [0.1, 0.15) is 0 Å². The molecule has 0 aliphatic carbocycles. The monoisotopic (exact) mass is 262 g/mol. The number of rotatable bonds is 0. The van der Waals surface area contributed by atoms with E-state index in [-0.39, 0.29) is 21.1 Å². The Morgan fingerprint density at radius 3 is 1.83 bits per heavy atom. The number of hydrogen-bond donors (Lipinski definition) is 2. The van der Waals surface area contributed by atoms with Crippen LogP contribution in [0.5, 0.6) is 0 Å². The van der Waals surface area contributed by atoms with Crippen molar-refractivity contribution in [3.63, 3.8) is 0 Å². The van der Waals surface area contributed by atoms with E-state index in [1.54, 1.807) is 0 Å². The fourth-order valence-electron chi connectivity index (χ4n) is 0. The third-order valence-corrected chi connectivity index (χ3v) is 0.0781. The van der Waals surface area contributed by atoms with Crippen LogP contribution in [0.2, 0.25) is 0 Å². The zero-order chi connectivity index (χ0) is 4.28. The van der Waals surface area contributed by atoms with Crippen LogP contribution in [0.15, 0.2) is 0 Å². The smallest absolute Gasteiger partial charge is 0.448 e. The maximum absolute atomic E-state index is 8.90. The van der Waals surface area contributed by atoms with E-state index in [0.29, 0.717) is 0 Å². The Morgan fingerprint density at radius 2 is 1.83 bits per heavy atom. The molecule has 0 aromatic heterocycles. The third-order valence-electron chi connectivity index (χ3n) is 0.0781. The van der Waals surface area contributed by atoms with Gasteiger partial charge in [0.05, 0.1) is 0 Å². The Bertz CT molecular complexity index is 42.8. The molecule has 0 aromatic rings. The molecule has 0 radical (unpaired) electrons. The van der Waals surface area contributed by atoms with Crippen LogP contribution in [0.25, 0.3) is 0 Å². The first-order valence-corrected chi connectivity index (χ1v) is 0.814. The Labute approximate surface area is 47.9 Å². The van der Waals surface area contributed by atoms with Crippen molar-refractivity contribution in [1.82, 2.24) is 0 Å². The van der Waals surface area contributed by atoms with Crippen LogP contribution in [0.1, 0.15) is 0 Å². The van der Waals surface area contributed by atoms with Gasteiger partial charge in [-0.3, -0.25) is 4.89 Å². The van der Waals surface area contributed by atoms with E-state index in [9.17, 15) is 0 Å². The van der Waals surface area contributed by atoms with Crippen LogP contribution < -0.4 is 0 Å². The minimum atomic E-state index is -1.69. The van der Waals surface area contributed by atoms with Gasteiger partial charge in [0.2, 0.25) is 0 Å². The van der Waals surface area contributed by atoms with E-state index < -0.39 is 6.16 Å². The van der Waals surface area contributed by atoms with E-state index >= 15 is 0 Å². The molecule has 0 aromatic carbocycles. The second-order valence-electron chi connectivity index (χ2n) is 0.357. The summed E-state index contributed by atoms with van der Waals surface area (Å²) in [5, 5.41) is 14.3. The molecule has 4 nitrogen and oxygen atoms in total. The van der Waals surface area contributed by atoms with E-state index in [1.807, 2.05) is 0 Å². The van der Waals surface area contributed by atoms with Crippen molar-refractivity contribution in [3.8, 4) is 0 Å². The summed E-state index contributed by atoms with van der Waals surface area (Å²) in [6.45, 7) is 0. The molecule has 0 fully saturated rings. The molecular formula is CH2O4W. The molecule has 0 amide bonds. The van der Waals surface area contributed by atoms with Crippen LogP contribution in [0.3, 0.4) is 0 Å². The van der Waals surface area contributed by atoms with Gasteiger partial charge in [-0.05, 0) is 0 Å². The molecule has 0 saturated heterocycles. The molecular weight excluding hydrogens is 260 g/mol. The zero-order valence-electron chi connectivity index (χ0n) is 2.62. The summed E-state index contributed by atoms with van der Waals surface area (Å²) in [6.07, 6.45) is -1.69. The molecule has 0 bridgehead atoms. The van der Waals surface area contributed by atoms with Crippen molar-refractivity contribution < 1.29 is 41.1 Å². The molecule has 0 atom stereocenters. The molecule has 36 valence electrons. The van der Waals surface area contributed by atoms with Gasteiger partial charge in [0.15, 0.2) is 0 Å². The van der Waals surface area contributed by atoms with Gasteiger partial charge in [-0.25, -0.2) is 4.79 Å². The van der Waals surface area contributed by atoms with E-state index in [2.05, 4.69) is 4.89 Å². The number of hydrogen-bond acceptors (Lipinski definition) is 3. The Balaban J connectivity index is 0. The van der Waals surface area contributed by atoms with Gasteiger partial charge in [-0.1, -0.05) is 0 Å². The first-order chi connectivity index (χ1) is 2.27. The first kappa shape index (κ1) is 9.32. The maximum atomic E-state index is 8.90. The molecule has 0 aliphatic rings. The second-order valence-corrected chi connectivity index (χ2v) is 0.357. The average Bonchev–Trinajstić information content (AvgIpc) is 1.38. The van der Waals surface area contributed by atoms with Crippen molar-refractivity contribution in [3.05, 3.63) is 0 Å². The molecule has 0 heterocycles. The Morgan fingerprint density at radius 1 is 1.67 bits per heavy atom. The van der Waals surface area contributed by atoms with Crippen molar-refractivity contribution >= 4 is 6.16 Å². The number of carbonyl (C=O) groups is 1. The van der Waals surface area contributed by atoms with Crippen LogP contribution >= 0.6 is 0 Å². The topological polar surface area (TPSA) is 66.8 Å². The predicted octanol–water partition coefficient (Wildman–Crippen LogP) is 0.151. The Hall–Kier alpha value is -0.0817. The first-order valence-electron chi connectivity index (χ1n) is 0.814. The molecule has 6 heavy (non-hydrogen) atoms. The number of carboxylic acid groups (broad SMARTS) is 1. The summed E-state index contributed by atoms with van der Waals surface area (Å²) in [6, 6.07) is 0. The SMILES string of the molecule is O=C(O)OO.[W]. The average molecular weight is 262 g/mol. The summed E-state index contributed by atoms with van der Waals surface area (Å²) in [5.41, 5.74) is 0. The van der Waals surface area contributed by atoms with E-state index in [0.717, 1.165) is 0 Å². The maximum Gasteiger partial charge on any atom is 0.537 e. The molecule has 0 spiro atoms. The van der Waals surface area contributed by atoms with Crippen LogP contribution in [-0.2, 0) is 26.0 Å². The summed E-state index contributed by atoms with van der Waals surface area (Å²) < 4.78 is 0. The molecule has 0 unspecified atom stereocenters. The molecule has 0 saturated carbocycles. The molecule has 2 N–H and O–H groups in total. The van der Waals surface area contributed by atoms with Crippen molar-refractivity contribution in [2.24, 2.45) is 0 Å². The predicted molar refractivity (Wildman–Crippen MR) is 11.7 cm³/mol. The minimum Gasteiger partial charge on any atom is -0.448 e. The minimum absolute atomic E-state index is 0. The largest absolute Gasteiger partial charge is 0.537 e. The van der Waals surface area contributed by atoms with E-state index in [1.165, 1.54) is 0 Å². The van der Waals surface area contributed by atoms with Gasteiger partial charge in [-0.15, -0.1) is 0 Å². The van der Waals surface area contributed by atoms with E-state index in [4.69, 9.17) is 15.2 Å². The summed E-state index contributed by atoms with van der Waals surface area (Å²) in [5.74, 6) is 0. The van der Waals surface area contributed by atoms with Gasteiger partial charge in [-0.2, -0.15) is 5.26 Å². The van der Waals surface area contributed by atoms with Gasteiger partial charge in [0.25, 0.3) is 0 Å². The standard InChI is InChI=1S/CH2O4.W/c2-1(3)5-4;/h4H,(H,2,3);. The van der Waals surface area contributed by atoms with Crippen LogP contribution in [0.4, 0.5) is 4.79 Å². The molecule has 0 rings (SSSR count). The van der Waals surface area contributed by atoms with Crippen molar-refractivity contribution in [2.75, 3.05) is 0 Å². The quantitative estimate of drug-likeness (QED) is 0.481. The van der Waals surface area contributed by atoms with Gasteiger partial charge < -0.3 is 5.11 Å². The Kier molecular flexibility index (Phi) is 7.64. The van der Waals surface area contributed by atoms with Crippen LogP contribution in [0, 0.1) is 0 Å². The van der Waals surface area contributed by atoms with Gasteiger partial charge >= 0.3 is 6.16 Å². The zero-order valence-corrected chi connectivity index (χ0v) is 5.55. The summed E-state index contributed by atoms with van der Waals surface area (Å²) >= 11 is 0. The fourth-order valence-corrected chi connectivity index (χ4v) is 0. The van der Waals surface area contributed by atoms with Crippen molar-refractivity contribution in [1.29, 1.82) is 0 Å². The molecule has 0 aliphatic heterocycles. The second kappa shape index (κ2) is 4.92. The van der Waals surface area contributed by atoms with Crippen LogP contribution in [-0.4, -0.2) is 16.5 Å². The van der Waals surface area contributed by atoms with Gasteiger partial charge in [0, 0.05) is 21.1 Å². The summed E-state index contributed by atoms with van der Waals surface area (Å²) in [7, 11) is 0. The summed E-state index contributed by atoms with van der Waals surface area (Å²) in [4.78, 5) is 11.6. The fraction of sp³-hybridized carbons (Fsp3) is 0. The normalized spacial score (nSPS) is 5.50. The molecule has 5 heteroatoms.